The first-order valence-corrected chi connectivity index (χ1v) is 12.4. The summed E-state index contributed by atoms with van der Waals surface area (Å²) in [6.45, 7) is 1.04. The number of hydrogen-bond acceptors (Lipinski definition) is 7. The number of piperidine rings is 1. The third kappa shape index (κ3) is 4.86. The minimum atomic E-state index is -4.70. The van der Waals surface area contributed by atoms with E-state index in [-0.39, 0.29) is 29.9 Å². The lowest BCUT2D eigenvalue weighted by atomic mass is 9.97. The summed E-state index contributed by atoms with van der Waals surface area (Å²) in [5.41, 5.74) is -0.0724. The van der Waals surface area contributed by atoms with Crippen molar-refractivity contribution in [3.05, 3.63) is 35.2 Å². The maximum absolute atomic E-state index is 14.4. The molecule has 1 aromatic carbocycles. The molecule has 0 bridgehead atoms. The molecule has 2 aliphatic heterocycles. The summed E-state index contributed by atoms with van der Waals surface area (Å²) in [5, 5.41) is 2.95. The zero-order valence-electron chi connectivity index (χ0n) is 18.0. The zero-order valence-corrected chi connectivity index (χ0v) is 18.8. The first-order valence-electron chi connectivity index (χ1n) is 10.5. The van der Waals surface area contributed by atoms with E-state index in [9.17, 15) is 35.2 Å². The van der Waals surface area contributed by atoms with Crippen molar-refractivity contribution in [2.75, 3.05) is 30.8 Å². The summed E-state index contributed by atoms with van der Waals surface area (Å²) in [6, 6.07) is 1.06. The van der Waals surface area contributed by atoms with Crippen LogP contribution < -0.4 is 4.90 Å². The van der Waals surface area contributed by atoms with Crippen LogP contribution in [0.4, 0.5) is 28.0 Å². The Labute approximate surface area is 191 Å². The van der Waals surface area contributed by atoms with E-state index >= 15 is 0 Å². The monoisotopic (exact) mass is 508 g/mol. The summed E-state index contributed by atoms with van der Waals surface area (Å²) in [4.78, 5) is 18.8. The van der Waals surface area contributed by atoms with E-state index in [4.69, 9.17) is 4.52 Å². The van der Waals surface area contributed by atoms with E-state index in [1.54, 1.807) is 4.90 Å². The fourth-order valence-corrected chi connectivity index (χ4v) is 5.15. The second-order valence-corrected chi connectivity index (χ2v) is 10.5. The number of anilines is 1. The van der Waals surface area contributed by atoms with Gasteiger partial charge in [0.25, 0.3) is 5.82 Å². The molecule has 34 heavy (non-hydrogen) atoms. The Morgan fingerprint density at radius 1 is 1.09 bits per heavy atom. The molecule has 14 heteroatoms. The Kier molecular flexibility index (Phi) is 6.29. The number of alkyl halides is 3. The Morgan fingerprint density at radius 3 is 2.35 bits per heavy atom. The van der Waals surface area contributed by atoms with E-state index < -0.39 is 44.3 Å². The van der Waals surface area contributed by atoms with Gasteiger partial charge in [-0.05, 0) is 48.5 Å². The summed E-state index contributed by atoms with van der Waals surface area (Å²) in [7, 11) is -3.93. The molecule has 1 amide bonds. The van der Waals surface area contributed by atoms with E-state index in [1.165, 1.54) is 4.90 Å². The van der Waals surface area contributed by atoms with Gasteiger partial charge >= 0.3 is 12.2 Å². The second-order valence-electron chi connectivity index (χ2n) is 8.48. The Balaban J connectivity index is 1.37. The molecule has 0 unspecified atom stereocenters. The third-order valence-corrected chi connectivity index (χ3v) is 7.27. The van der Waals surface area contributed by atoms with Crippen LogP contribution in [0.25, 0.3) is 0 Å². The lowest BCUT2D eigenvalue weighted by molar-refractivity contribution is -0.146. The number of carbonyl (C=O) groups is 1. The van der Waals surface area contributed by atoms with Crippen LogP contribution in [-0.4, -0.2) is 61.3 Å². The van der Waals surface area contributed by atoms with Gasteiger partial charge in [0.2, 0.25) is 5.91 Å². The molecule has 1 aromatic heterocycles. The quantitative estimate of drug-likeness (QED) is 0.573. The van der Waals surface area contributed by atoms with Crippen molar-refractivity contribution in [1.82, 2.24) is 15.0 Å². The summed E-state index contributed by atoms with van der Waals surface area (Å²) in [6.07, 6.45) is -2.63. The van der Waals surface area contributed by atoms with Crippen molar-refractivity contribution in [3.63, 3.8) is 0 Å². The number of amides is 1. The van der Waals surface area contributed by atoms with Gasteiger partial charge in [-0.25, -0.2) is 17.2 Å². The van der Waals surface area contributed by atoms with Crippen LogP contribution in [0.5, 0.6) is 0 Å². The number of sulfone groups is 1. The summed E-state index contributed by atoms with van der Waals surface area (Å²) >= 11 is 0. The lowest BCUT2D eigenvalue weighted by Gasteiger charge is -2.36. The molecule has 0 saturated carbocycles. The Bertz CT molecular complexity index is 1190. The van der Waals surface area contributed by atoms with E-state index in [0.29, 0.717) is 45.0 Å². The SMILES string of the molecule is CS(=O)(=O)c1cc(F)c(C[C@H]2CCN(C3CCN(c4nc(C(F)(F)F)no4)CC3)C2=O)cc1F. The fraction of sp³-hybridized carbons (Fsp3) is 0.550. The van der Waals surface area contributed by atoms with Crippen molar-refractivity contribution in [2.24, 2.45) is 5.92 Å². The average Bonchev–Trinajstić information content (AvgIpc) is 3.38. The highest BCUT2D eigenvalue weighted by atomic mass is 32.2. The van der Waals surface area contributed by atoms with E-state index in [2.05, 4.69) is 10.1 Å². The van der Waals surface area contributed by atoms with Gasteiger partial charge in [-0.2, -0.15) is 18.2 Å². The normalized spacial score (nSPS) is 20.4. The van der Waals surface area contributed by atoms with Crippen molar-refractivity contribution in [3.8, 4) is 0 Å². The van der Waals surface area contributed by atoms with Crippen molar-refractivity contribution in [1.29, 1.82) is 0 Å². The Morgan fingerprint density at radius 2 is 1.76 bits per heavy atom. The molecule has 4 rings (SSSR count). The van der Waals surface area contributed by atoms with Gasteiger partial charge in [-0.3, -0.25) is 4.79 Å². The fourth-order valence-electron chi connectivity index (χ4n) is 4.42. The second kappa shape index (κ2) is 8.78. The molecule has 2 saturated heterocycles. The number of hydrogen-bond donors (Lipinski definition) is 0. The smallest absolute Gasteiger partial charge is 0.339 e. The predicted octanol–water partition coefficient (Wildman–Crippen LogP) is 2.83. The Hall–Kier alpha value is -2.77. The maximum Gasteiger partial charge on any atom is 0.455 e. The lowest BCUT2D eigenvalue weighted by Crippen LogP contribution is -2.46. The standard InChI is InChI=1S/C20H21F5N4O4S/c1-34(31,32)16-10-14(21)12(9-15(16)22)8-11-2-7-29(17(11)30)13-3-5-28(6-4-13)19-26-18(27-33-19)20(23,24)25/h9-11,13H,2-8H2,1H3/t11-/m1/s1. The van der Waals surface area contributed by atoms with Gasteiger partial charge in [0.05, 0.1) is 0 Å². The van der Waals surface area contributed by atoms with E-state index in [1.807, 2.05) is 0 Å². The molecule has 2 aromatic rings. The highest BCUT2D eigenvalue weighted by Crippen LogP contribution is 2.32. The minimum Gasteiger partial charge on any atom is -0.339 e. The van der Waals surface area contributed by atoms with Gasteiger partial charge in [0.1, 0.15) is 16.5 Å². The van der Waals surface area contributed by atoms with Crippen molar-refractivity contribution < 1.29 is 39.7 Å². The van der Waals surface area contributed by atoms with Crippen LogP contribution in [0, 0.1) is 17.6 Å². The van der Waals surface area contributed by atoms with Crippen LogP contribution in [0.3, 0.4) is 0 Å². The molecular formula is C20H21F5N4O4S. The zero-order chi connectivity index (χ0) is 24.8. The number of carbonyl (C=O) groups excluding carboxylic acids is 1. The molecule has 2 fully saturated rings. The summed E-state index contributed by atoms with van der Waals surface area (Å²) < 4.78 is 94.4. The summed E-state index contributed by atoms with van der Waals surface area (Å²) in [5.74, 6) is -4.11. The average molecular weight is 508 g/mol. The van der Waals surface area contributed by atoms with Gasteiger partial charge in [-0.1, -0.05) is 0 Å². The highest BCUT2D eigenvalue weighted by molar-refractivity contribution is 7.90. The molecule has 0 N–H and O–H groups in total. The van der Waals surface area contributed by atoms with Crippen LogP contribution in [0.15, 0.2) is 21.6 Å². The van der Waals surface area contributed by atoms with Crippen molar-refractivity contribution >= 4 is 21.8 Å². The van der Waals surface area contributed by atoms with Gasteiger partial charge in [-0.15, -0.1) is 0 Å². The molecule has 1 atom stereocenters. The van der Waals surface area contributed by atoms with Gasteiger partial charge in [0.15, 0.2) is 9.84 Å². The van der Waals surface area contributed by atoms with Crippen molar-refractivity contribution in [2.45, 2.75) is 42.8 Å². The molecule has 3 heterocycles. The number of benzene rings is 1. The highest BCUT2D eigenvalue weighted by Gasteiger charge is 2.40. The largest absolute Gasteiger partial charge is 0.455 e. The number of nitrogens with zero attached hydrogens (tertiary/aromatic N) is 4. The first-order chi connectivity index (χ1) is 15.8. The maximum atomic E-state index is 14.4. The van der Waals surface area contributed by atoms with Gasteiger partial charge in [0, 0.05) is 37.8 Å². The number of rotatable bonds is 5. The molecule has 8 nitrogen and oxygen atoms in total. The van der Waals surface area contributed by atoms with Crippen LogP contribution >= 0.6 is 0 Å². The van der Waals surface area contributed by atoms with Crippen LogP contribution in [0.1, 0.15) is 30.7 Å². The number of halogens is 5. The molecule has 0 radical (unpaired) electrons. The first kappa shape index (κ1) is 24.4. The van der Waals surface area contributed by atoms with E-state index in [0.717, 1.165) is 12.3 Å². The molecule has 186 valence electrons. The third-order valence-electron chi connectivity index (χ3n) is 6.16. The molecule has 0 aliphatic carbocycles. The molecular weight excluding hydrogens is 487 g/mol. The minimum absolute atomic E-state index is 0.0663. The van der Waals surface area contributed by atoms with Crippen LogP contribution in [0.2, 0.25) is 0 Å². The predicted molar refractivity (Wildman–Crippen MR) is 108 cm³/mol. The van der Waals surface area contributed by atoms with Crippen LogP contribution in [-0.2, 0) is 27.2 Å². The molecule has 2 aliphatic rings. The topological polar surface area (TPSA) is 96.6 Å². The van der Waals surface area contributed by atoms with Gasteiger partial charge < -0.3 is 14.3 Å². The molecule has 0 spiro atoms. The number of aromatic nitrogens is 2. The number of likely N-dealkylation sites (tertiary alicyclic amines) is 1.